The molecule has 2 amide bonds. The maximum absolute atomic E-state index is 13.8. The molecule has 1 saturated carbocycles. The van der Waals surface area contributed by atoms with Crippen molar-refractivity contribution in [2.24, 2.45) is 5.92 Å². The fourth-order valence-corrected chi connectivity index (χ4v) is 5.43. The van der Waals surface area contributed by atoms with Gasteiger partial charge in [0.1, 0.15) is 17.7 Å². The van der Waals surface area contributed by atoms with Crippen LogP contribution in [0.25, 0.3) is 16.9 Å². The Hall–Kier alpha value is -4.10. The molecule has 11 nitrogen and oxygen atoms in total. The smallest absolute Gasteiger partial charge is 0.418 e. The fraction of sp³-hybridized carbons (Fsp3) is 0.409. The van der Waals surface area contributed by atoms with E-state index in [0.717, 1.165) is 12.5 Å². The van der Waals surface area contributed by atoms with Gasteiger partial charge in [-0.15, -0.1) is 10.2 Å². The van der Waals surface area contributed by atoms with Crippen LogP contribution in [0.2, 0.25) is 0 Å². The van der Waals surface area contributed by atoms with Crippen molar-refractivity contribution in [2.45, 2.75) is 50.9 Å². The summed E-state index contributed by atoms with van der Waals surface area (Å²) < 4.78 is 48.4. The summed E-state index contributed by atoms with van der Waals surface area (Å²) in [5.41, 5.74) is -1.59. The molecule has 1 aliphatic carbocycles. The Morgan fingerprint density at radius 2 is 2.03 bits per heavy atom. The molecule has 0 spiro atoms. The van der Waals surface area contributed by atoms with Gasteiger partial charge in [0, 0.05) is 31.1 Å². The minimum Gasteiger partial charge on any atom is -0.423 e. The molecule has 5 heterocycles. The largest absolute Gasteiger partial charge is 0.423 e. The van der Waals surface area contributed by atoms with Gasteiger partial charge in [0.15, 0.2) is 5.65 Å². The van der Waals surface area contributed by atoms with Crippen LogP contribution in [0, 0.1) is 12.8 Å². The van der Waals surface area contributed by atoms with E-state index >= 15 is 0 Å². The summed E-state index contributed by atoms with van der Waals surface area (Å²) in [4.78, 5) is 27.0. The van der Waals surface area contributed by atoms with Crippen molar-refractivity contribution in [1.82, 2.24) is 39.7 Å². The summed E-state index contributed by atoms with van der Waals surface area (Å²) in [5.74, 6) is 1.06. The summed E-state index contributed by atoms with van der Waals surface area (Å²) in [7, 11) is 0. The van der Waals surface area contributed by atoms with E-state index < -0.39 is 23.3 Å². The van der Waals surface area contributed by atoms with Crippen LogP contribution in [0.4, 0.5) is 23.8 Å². The number of halogens is 3. The molecule has 4 aromatic heterocycles. The highest BCUT2D eigenvalue weighted by Gasteiger charge is 2.62. The fourth-order valence-electron chi connectivity index (χ4n) is 5.43. The van der Waals surface area contributed by atoms with Crippen LogP contribution in [-0.2, 0) is 11.7 Å². The SMILES string of the molecule is Cc1nnc(C23CC(C[C@@H](C)C2)N3C(=O)Nc2cc(-c3cn4ncnc4cn3)c(C(F)(F)F)cn2)o1. The van der Waals surface area contributed by atoms with Gasteiger partial charge in [0.05, 0.1) is 23.7 Å². The van der Waals surface area contributed by atoms with E-state index in [9.17, 15) is 18.0 Å². The Kier molecular flexibility index (Phi) is 4.78. The molecule has 4 aromatic rings. The van der Waals surface area contributed by atoms with Crippen molar-refractivity contribution >= 4 is 17.5 Å². The van der Waals surface area contributed by atoms with Gasteiger partial charge < -0.3 is 9.32 Å². The van der Waals surface area contributed by atoms with Gasteiger partial charge in [-0.2, -0.15) is 18.3 Å². The van der Waals surface area contributed by atoms with E-state index in [1.54, 1.807) is 11.8 Å². The van der Waals surface area contributed by atoms with Gasteiger partial charge >= 0.3 is 12.2 Å². The number of hydrogen-bond donors (Lipinski definition) is 1. The number of carbonyl (C=O) groups is 1. The lowest BCUT2D eigenvalue weighted by Crippen LogP contribution is -2.70. The highest BCUT2D eigenvalue weighted by molar-refractivity contribution is 5.91. The maximum atomic E-state index is 13.8. The predicted molar refractivity (Wildman–Crippen MR) is 117 cm³/mol. The molecule has 0 aromatic carbocycles. The number of aryl methyl sites for hydroxylation is 1. The molecule has 1 aliphatic heterocycles. The molecule has 36 heavy (non-hydrogen) atoms. The van der Waals surface area contributed by atoms with Crippen LogP contribution >= 0.6 is 0 Å². The quantitative estimate of drug-likeness (QED) is 0.451. The first-order valence-corrected chi connectivity index (χ1v) is 11.3. The summed E-state index contributed by atoms with van der Waals surface area (Å²) in [6.07, 6.45) is 2.06. The lowest BCUT2D eigenvalue weighted by atomic mass is 9.64. The number of aromatic nitrogens is 7. The average Bonchev–Trinajstić information content (AvgIpc) is 3.46. The van der Waals surface area contributed by atoms with E-state index in [-0.39, 0.29) is 23.1 Å². The number of nitrogens with one attached hydrogen (secondary N) is 1. The number of anilines is 1. The first-order chi connectivity index (χ1) is 17.1. The van der Waals surface area contributed by atoms with Crippen molar-refractivity contribution in [1.29, 1.82) is 0 Å². The van der Waals surface area contributed by atoms with Crippen LogP contribution in [0.3, 0.4) is 0 Å². The van der Waals surface area contributed by atoms with E-state index in [1.807, 2.05) is 0 Å². The molecule has 2 fully saturated rings. The van der Waals surface area contributed by atoms with E-state index in [0.29, 0.717) is 42.4 Å². The number of pyridine rings is 1. The Bertz CT molecular complexity index is 1480. The predicted octanol–water partition coefficient (Wildman–Crippen LogP) is 3.83. The number of hydrogen-bond acceptors (Lipinski definition) is 8. The Morgan fingerprint density at radius 1 is 1.19 bits per heavy atom. The van der Waals surface area contributed by atoms with Crippen molar-refractivity contribution in [3.8, 4) is 11.3 Å². The van der Waals surface area contributed by atoms with Crippen molar-refractivity contribution in [3.05, 3.63) is 48.3 Å². The molecular formula is C22H20F3N9O2. The molecule has 6 rings (SSSR count). The molecule has 1 saturated heterocycles. The zero-order valence-electron chi connectivity index (χ0n) is 19.2. The average molecular weight is 499 g/mol. The zero-order chi connectivity index (χ0) is 25.2. The van der Waals surface area contributed by atoms with Gasteiger partial charge in [-0.25, -0.2) is 19.3 Å². The Labute approximate surface area is 201 Å². The summed E-state index contributed by atoms with van der Waals surface area (Å²) in [6, 6.07) is 0.617. The number of nitrogens with zero attached hydrogens (tertiary/aromatic N) is 8. The topological polar surface area (TPSA) is 127 Å². The third kappa shape index (κ3) is 3.46. The standard InChI is InChI=1S/C22H20F3N9O2/c1-11-3-13-6-21(5-11,19-32-31-12(2)36-19)34(13)20(35)30-17-4-14(15(7-27-17)22(23,24)25)16-9-33-18(8-26-16)28-10-29-33/h4,7-11,13H,3,5-6H2,1-2H3,(H,27,30,35)/t11-,13?,21?/m1/s1. The van der Waals surface area contributed by atoms with Gasteiger partial charge in [-0.3, -0.25) is 10.3 Å². The number of fused-ring (bicyclic) bond motifs is 3. The van der Waals surface area contributed by atoms with Crippen LogP contribution in [0.1, 0.15) is 43.5 Å². The molecule has 1 N–H and O–H groups in total. The van der Waals surface area contributed by atoms with E-state index in [2.05, 4.69) is 42.5 Å². The number of carbonyl (C=O) groups excluding carboxylic acids is 1. The second-order valence-corrected chi connectivity index (χ2v) is 9.31. The third-order valence-electron chi connectivity index (χ3n) is 6.79. The number of amides is 2. The molecule has 2 bridgehead atoms. The lowest BCUT2D eigenvalue weighted by molar-refractivity contribution is -0.137. The van der Waals surface area contributed by atoms with Gasteiger partial charge in [-0.05, 0) is 24.8 Å². The minimum absolute atomic E-state index is 0.00525. The molecule has 3 atom stereocenters. The summed E-state index contributed by atoms with van der Waals surface area (Å²) in [6.45, 7) is 3.78. The first kappa shape index (κ1) is 22.4. The van der Waals surface area contributed by atoms with Crippen LogP contribution in [0.15, 0.2) is 35.4 Å². The highest BCUT2D eigenvalue weighted by atomic mass is 19.4. The summed E-state index contributed by atoms with van der Waals surface area (Å²) in [5, 5.41) is 14.7. The monoisotopic (exact) mass is 499 g/mol. The van der Waals surface area contributed by atoms with Gasteiger partial charge in [0.2, 0.25) is 11.8 Å². The van der Waals surface area contributed by atoms with E-state index in [1.165, 1.54) is 23.2 Å². The van der Waals surface area contributed by atoms with E-state index in [4.69, 9.17) is 4.42 Å². The lowest BCUT2D eigenvalue weighted by Gasteiger charge is -2.61. The van der Waals surface area contributed by atoms with Crippen molar-refractivity contribution in [3.63, 3.8) is 0 Å². The maximum Gasteiger partial charge on any atom is 0.418 e. The van der Waals surface area contributed by atoms with Crippen molar-refractivity contribution < 1.29 is 22.4 Å². The second-order valence-electron chi connectivity index (χ2n) is 9.31. The third-order valence-corrected chi connectivity index (χ3v) is 6.79. The number of piperidine rings is 1. The summed E-state index contributed by atoms with van der Waals surface area (Å²) >= 11 is 0. The highest BCUT2D eigenvalue weighted by Crippen LogP contribution is 2.55. The number of alkyl halides is 3. The second kappa shape index (κ2) is 7.70. The number of urea groups is 1. The molecule has 186 valence electrons. The molecule has 2 unspecified atom stereocenters. The van der Waals surface area contributed by atoms with Crippen LogP contribution < -0.4 is 5.32 Å². The zero-order valence-corrected chi connectivity index (χ0v) is 19.2. The number of rotatable bonds is 3. The van der Waals surface area contributed by atoms with Crippen LogP contribution in [0.5, 0.6) is 0 Å². The normalized spacial score (nSPS) is 23.5. The van der Waals surface area contributed by atoms with Crippen LogP contribution in [-0.4, -0.2) is 51.7 Å². The first-order valence-electron chi connectivity index (χ1n) is 11.3. The van der Waals surface area contributed by atoms with Gasteiger partial charge in [-0.1, -0.05) is 6.92 Å². The molecular weight excluding hydrogens is 479 g/mol. The Balaban J connectivity index is 1.34. The van der Waals surface area contributed by atoms with Gasteiger partial charge in [0.25, 0.3) is 0 Å². The molecule has 2 aliphatic rings. The van der Waals surface area contributed by atoms with Crippen molar-refractivity contribution in [2.75, 3.05) is 5.32 Å². The molecule has 14 heteroatoms. The molecule has 0 radical (unpaired) electrons. The minimum atomic E-state index is -4.69. The Morgan fingerprint density at radius 3 is 2.78 bits per heavy atom. The number of likely N-dealkylation sites (tertiary alicyclic amines) is 1.